The summed E-state index contributed by atoms with van der Waals surface area (Å²) >= 11 is 0. The summed E-state index contributed by atoms with van der Waals surface area (Å²) in [5, 5.41) is 7.98. The molecule has 1 rings (SSSR count). The third kappa shape index (κ3) is 4.64. The molecular weight excluding hydrogens is 254 g/mol. The van der Waals surface area contributed by atoms with Crippen LogP contribution in [0.2, 0.25) is 0 Å². The maximum Gasteiger partial charge on any atom is 0.216 e. The van der Waals surface area contributed by atoms with E-state index in [0.717, 1.165) is 5.56 Å². The fraction of sp³-hybridized carbons (Fsp3) is 0.500. The van der Waals surface area contributed by atoms with Crippen molar-refractivity contribution in [1.29, 1.82) is 0 Å². The van der Waals surface area contributed by atoms with Crippen molar-refractivity contribution < 1.29 is 18.3 Å². The lowest BCUT2D eigenvalue weighted by Crippen LogP contribution is -2.36. The quantitative estimate of drug-likeness (QED) is 0.716. The molecule has 6 heteroatoms. The van der Waals surface area contributed by atoms with Crippen LogP contribution in [0, 0.1) is 6.92 Å². The van der Waals surface area contributed by atoms with E-state index in [1.54, 1.807) is 0 Å². The second-order valence-corrected chi connectivity index (χ2v) is 6.28. The summed E-state index contributed by atoms with van der Waals surface area (Å²) in [4.78, 5) is 0. The molecule has 0 saturated heterocycles. The fourth-order valence-corrected chi connectivity index (χ4v) is 2.15. The van der Waals surface area contributed by atoms with E-state index in [9.17, 15) is 8.42 Å². The number of aliphatic hydroxyl groups excluding tert-OH is 1. The van der Waals surface area contributed by atoms with Gasteiger partial charge >= 0.3 is 0 Å². The van der Waals surface area contributed by atoms with E-state index in [1.807, 2.05) is 31.2 Å². The molecule has 0 saturated carbocycles. The lowest BCUT2D eigenvalue weighted by atomic mass is 10.2. The van der Waals surface area contributed by atoms with Crippen molar-refractivity contribution >= 4 is 10.0 Å². The maximum atomic E-state index is 11.5. The number of aliphatic hydroxyl groups is 1. The van der Waals surface area contributed by atoms with Crippen molar-refractivity contribution in [1.82, 2.24) is 4.72 Å². The molecule has 2 N–H and O–H groups in total. The number of sulfonamides is 1. The van der Waals surface area contributed by atoms with Gasteiger partial charge in [-0.1, -0.05) is 12.1 Å². The molecule has 18 heavy (non-hydrogen) atoms. The van der Waals surface area contributed by atoms with E-state index in [0.29, 0.717) is 5.75 Å². The van der Waals surface area contributed by atoms with E-state index >= 15 is 0 Å². The van der Waals surface area contributed by atoms with Crippen LogP contribution in [0.5, 0.6) is 5.75 Å². The van der Waals surface area contributed by atoms with E-state index in [2.05, 4.69) is 4.72 Å². The van der Waals surface area contributed by atoms with Crippen molar-refractivity contribution in [2.75, 3.05) is 19.8 Å². The maximum absolute atomic E-state index is 11.5. The smallest absolute Gasteiger partial charge is 0.216 e. The Balaban J connectivity index is 2.35. The molecular formula is C12H19NO4S. The minimum Gasteiger partial charge on any atom is -0.492 e. The first-order valence-corrected chi connectivity index (χ1v) is 7.29. The normalized spacial score (nSPS) is 13.3. The minimum absolute atomic E-state index is 0.181. The topological polar surface area (TPSA) is 75.6 Å². The molecule has 1 aromatic carbocycles. The molecule has 0 aromatic heterocycles. The predicted octanol–water partition coefficient (Wildman–Crippen LogP) is 0.674. The molecule has 1 unspecified atom stereocenters. The summed E-state index contributed by atoms with van der Waals surface area (Å²) in [5.74, 6) is 0.712. The number of nitrogens with one attached hydrogen (secondary N) is 1. The van der Waals surface area contributed by atoms with Gasteiger partial charge in [0.25, 0.3) is 0 Å². The van der Waals surface area contributed by atoms with E-state index in [4.69, 9.17) is 9.84 Å². The monoisotopic (exact) mass is 273 g/mol. The Labute approximate surface area is 108 Å². The summed E-state index contributed by atoms with van der Waals surface area (Å²) in [7, 11) is -3.45. The van der Waals surface area contributed by atoms with Gasteiger partial charge in [-0.05, 0) is 31.5 Å². The number of hydrogen-bond acceptors (Lipinski definition) is 4. The van der Waals surface area contributed by atoms with Crippen molar-refractivity contribution in [3.05, 3.63) is 29.8 Å². The van der Waals surface area contributed by atoms with Gasteiger partial charge in [0.15, 0.2) is 0 Å². The van der Waals surface area contributed by atoms with Crippen LogP contribution in [0.4, 0.5) is 0 Å². The van der Waals surface area contributed by atoms with Gasteiger partial charge in [-0.3, -0.25) is 0 Å². The van der Waals surface area contributed by atoms with Gasteiger partial charge in [0, 0.05) is 6.54 Å². The van der Waals surface area contributed by atoms with Gasteiger partial charge in [0.1, 0.15) is 12.4 Å². The summed E-state index contributed by atoms with van der Waals surface area (Å²) in [5.41, 5.74) is 1.09. The lowest BCUT2D eigenvalue weighted by Gasteiger charge is -2.12. The highest BCUT2D eigenvalue weighted by molar-refractivity contribution is 7.90. The summed E-state index contributed by atoms with van der Waals surface area (Å²) < 4.78 is 30.8. The van der Waals surface area contributed by atoms with Crippen LogP contribution in [0.1, 0.15) is 12.5 Å². The van der Waals surface area contributed by atoms with Gasteiger partial charge in [-0.15, -0.1) is 0 Å². The molecule has 0 amide bonds. The molecule has 1 atom stereocenters. The Morgan fingerprint density at radius 3 is 2.78 bits per heavy atom. The van der Waals surface area contributed by atoms with Gasteiger partial charge in [-0.2, -0.15) is 0 Å². The van der Waals surface area contributed by atoms with Crippen molar-refractivity contribution in [3.8, 4) is 5.75 Å². The third-order valence-corrected chi connectivity index (χ3v) is 4.27. The predicted molar refractivity (Wildman–Crippen MR) is 70.1 cm³/mol. The van der Waals surface area contributed by atoms with E-state index < -0.39 is 21.9 Å². The van der Waals surface area contributed by atoms with Gasteiger partial charge in [0.2, 0.25) is 10.0 Å². The van der Waals surface area contributed by atoms with Crippen LogP contribution < -0.4 is 9.46 Å². The van der Waals surface area contributed by atoms with Crippen molar-refractivity contribution in [2.45, 2.75) is 19.1 Å². The largest absolute Gasteiger partial charge is 0.492 e. The van der Waals surface area contributed by atoms with Crippen LogP contribution >= 0.6 is 0 Å². The first kappa shape index (κ1) is 14.9. The average Bonchev–Trinajstić information content (AvgIpc) is 2.33. The molecule has 0 radical (unpaired) electrons. The second-order valence-electron chi connectivity index (χ2n) is 4.10. The summed E-state index contributed by atoms with van der Waals surface area (Å²) in [6.07, 6.45) is 0. The number of rotatable bonds is 7. The molecule has 0 bridgehead atoms. The molecule has 0 aliphatic heterocycles. The zero-order chi connectivity index (χ0) is 13.6. The molecule has 0 fully saturated rings. The Morgan fingerprint density at radius 2 is 2.17 bits per heavy atom. The first-order chi connectivity index (χ1) is 8.45. The first-order valence-electron chi connectivity index (χ1n) is 5.74. The fourth-order valence-electron chi connectivity index (χ4n) is 1.30. The van der Waals surface area contributed by atoms with Crippen LogP contribution in [-0.4, -0.2) is 38.5 Å². The van der Waals surface area contributed by atoms with E-state index in [1.165, 1.54) is 6.92 Å². The summed E-state index contributed by atoms with van der Waals surface area (Å²) in [6.45, 7) is 3.44. The van der Waals surface area contributed by atoms with Crippen LogP contribution in [0.15, 0.2) is 24.3 Å². The standard InChI is InChI=1S/C12H19NO4S/c1-10-4-3-5-12(8-10)17-7-6-13-18(15,16)11(2)9-14/h3-5,8,11,13-14H,6-7,9H2,1-2H3. The molecule has 0 spiro atoms. The number of hydrogen-bond donors (Lipinski definition) is 2. The van der Waals surface area contributed by atoms with Crippen molar-refractivity contribution in [2.24, 2.45) is 0 Å². The number of benzene rings is 1. The van der Waals surface area contributed by atoms with Crippen LogP contribution in [0.3, 0.4) is 0 Å². The second kappa shape index (κ2) is 6.72. The Kier molecular flexibility index (Phi) is 5.58. The number of aryl methyl sites for hydroxylation is 1. The molecule has 1 aromatic rings. The molecule has 5 nitrogen and oxygen atoms in total. The average molecular weight is 273 g/mol. The Bertz CT molecular complexity index is 473. The van der Waals surface area contributed by atoms with E-state index in [-0.39, 0.29) is 13.2 Å². The third-order valence-electron chi connectivity index (χ3n) is 2.45. The highest BCUT2D eigenvalue weighted by Crippen LogP contribution is 2.11. The molecule has 0 aliphatic carbocycles. The summed E-state index contributed by atoms with van der Waals surface area (Å²) in [6, 6.07) is 7.53. The minimum atomic E-state index is -3.45. The Morgan fingerprint density at radius 1 is 1.44 bits per heavy atom. The SMILES string of the molecule is Cc1cccc(OCCNS(=O)(=O)C(C)CO)c1. The zero-order valence-electron chi connectivity index (χ0n) is 10.6. The van der Waals surface area contributed by atoms with Crippen LogP contribution in [0.25, 0.3) is 0 Å². The van der Waals surface area contributed by atoms with Crippen molar-refractivity contribution in [3.63, 3.8) is 0 Å². The molecule has 0 heterocycles. The molecule has 0 aliphatic rings. The van der Waals surface area contributed by atoms with Gasteiger partial charge in [0.05, 0.1) is 11.9 Å². The number of ether oxygens (including phenoxy) is 1. The molecule has 102 valence electrons. The zero-order valence-corrected chi connectivity index (χ0v) is 11.4. The lowest BCUT2D eigenvalue weighted by molar-refractivity contribution is 0.293. The van der Waals surface area contributed by atoms with Gasteiger partial charge in [-0.25, -0.2) is 13.1 Å². The Hall–Kier alpha value is -1.11. The highest BCUT2D eigenvalue weighted by atomic mass is 32.2. The van der Waals surface area contributed by atoms with Crippen LogP contribution in [-0.2, 0) is 10.0 Å². The van der Waals surface area contributed by atoms with Gasteiger partial charge < -0.3 is 9.84 Å². The highest BCUT2D eigenvalue weighted by Gasteiger charge is 2.18.